The van der Waals surface area contributed by atoms with E-state index in [0.717, 1.165) is 17.9 Å². The normalized spacial score (nSPS) is 18.3. The van der Waals surface area contributed by atoms with Crippen LogP contribution < -0.4 is 5.32 Å². The zero-order chi connectivity index (χ0) is 18.4. The molecule has 0 radical (unpaired) electrons. The number of amides is 4. The summed E-state index contributed by atoms with van der Waals surface area (Å²) in [7, 11) is 3.89. The molecule has 2 rings (SSSR count). The first kappa shape index (κ1) is 18.7. The third-order valence-electron chi connectivity index (χ3n) is 3.69. The SMILES string of the molecule is CN(C)CCCN=CC1C(=O)NC(=O)N(Cc2ccc(F)cc2)C1=O. The van der Waals surface area contributed by atoms with Crippen molar-refractivity contribution < 1.29 is 18.8 Å². The fraction of sp³-hybridized carbons (Fsp3) is 0.412. The molecule has 0 aliphatic carbocycles. The van der Waals surface area contributed by atoms with Crippen molar-refractivity contribution in [3.8, 4) is 0 Å². The topological polar surface area (TPSA) is 82.1 Å². The van der Waals surface area contributed by atoms with Gasteiger partial charge in [0.15, 0.2) is 5.92 Å². The van der Waals surface area contributed by atoms with Crippen LogP contribution in [0.4, 0.5) is 9.18 Å². The molecule has 8 heteroatoms. The van der Waals surface area contributed by atoms with E-state index in [1.807, 2.05) is 19.0 Å². The lowest BCUT2D eigenvalue weighted by Gasteiger charge is -2.28. The highest BCUT2D eigenvalue weighted by Gasteiger charge is 2.39. The van der Waals surface area contributed by atoms with E-state index in [1.165, 1.54) is 30.5 Å². The summed E-state index contributed by atoms with van der Waals surface area (Å²) in [6.45, 7) is 1.29. The van der Waals surface area contributed by atoms with Gasteiger partial charge in [-0.1, -0.05) is 12.1 Å². The summed E-state index contributed by atoms with van der Waals surface area (Å²) in [6.07, 6.45) is 2.09. The third kappa shape index (κ3) is 5.18. The summed E-state index contributed by atoms with van der Waals surface area (Å²) < 4.78 is 13.0. The molecule has 0 bridgehead atoms. The average molecular weight is 348 g/mol. The van der Waals surface area contributed by atoms with Gasteiger partial charge in [0.2, 0.25) is 11.8 Å². The minimum atomic E-state index is -1.13. The van der Waals surface area contributed by atoms with Gasteiger partial charge in [-0.25, -0.2) is 9.18 Å². The Morgan fingerprint density at radius 2 is 1.92 bits per heavy atom. The monoisotopic (exact) mass is 348 g/mol. The van der Waals surface area contributed by atoms with Crippen LogP contribution in [-0.2, 0) is 16.1 Å². The number of urea groups is 1. The first-order valence-electron chi connectivity index (χ1n) is 7.94. The van der Waals surface area contributed by atoms with Gasteiger partial charge in [0, 0.05) is 12.8 Å². The van der Waals surface area contributed by atoms with Crippen LogP contribution in [0.25, 0.3) is 0 Å². The van der Waals surface area contributed by atoms with Crippen molar-refractivity contribution in [1.29, 1.82) is 0 Å². The molecule has 7 nitrogen and oxygen atoms in total. The van der Waals surface area contributed by atoms with Gasteiger partial charge in [0.05, 0.1) is 6.54 Å². The highest BCUT2D eigenvalue weighted by atomic mass is 19.1. The Labute approximate surface area is 145 Å². The molecule has 1 atom stereocenters. The number of imide groups is 2. The van der Waals surface area contributed by atoms with E-state index in [2.05, 4.69) is 10.3 Å². The molecule has 1 unspecified atom stereocenters. The Morgan fingerprint density at radius 3 is 2.56 bits per heavy atom. The van der Waals surface area contributed by atoms with Crippen molar-refractivity contribution in [3.05, 3.63) is 35.6 Å². The Morgan fingerprint density at radius 1 is 1.24 bits per heavy atom. The molecule has 1 aliphatic rings. The summed E-state index contributed by atoms with van der Waals surface area (Å²) >= 11 is 0. The van der Waals surface area contributed by atoms with Crippen LogP contribution in [0.15, 0.2) is 29.3 Å². The van der Waals surface area contributed by atoms with Crippen LogP contribution in [0.1, 0.15) is 12.0 Å². The van der Waals surface area contributed by atoms with Gasteiger partial charge in [0.1, 0.15) is 5.82 Å². The number of nitrogens with one attached hydrogen (secondary N) is 1. The molecule has 1 aliphatic heterocycles. The van der Waals surface area contributed by atoms with Crippen LogP contribution in [0.3, 0.4) is 0 Å². The molecule has 1 aromatic rings. The quantitative estimate of drug-likeness (QED) is 0.453. The molecule has 0 aromatic heterocycles. The summed E-state index contributed by atoms with van der Waals surface area (Å²) in [5, 5.41) is 2.15. The summed E-state index contributed by atoms with van der Waals surface area (Å²) in [6, 6.07) is 4.68. The van der Waals surface area contributed by atoms with Crippen molar-refractivity contribution in [2.24, 2.45) is 10.9 Å². The van der Waals surface area contributed by atoms with Crippen molar-refractivity contribution in [2.45, 2.75) is 13.0 Å². The summed E-state index contributed by atoms with van der Waals surface area (Å²) in [5.74, 6) is -2.84. The predicted octanol–water partition coefficient (Wildman–Crippen LogP) is 1.04. The molecule has 25 heavy (non-hydrogen) atoms. The second-order valence-electron chi connectivity index (χ2n) is 6.04. The maximum Gasteiger partial charge on any atom is 0.331 e. The van der Waals surface area contributed by atoms with Crippen LogP contribution in [0, 0.1) is 11.7 Å². The van der Waals surface area contributed by atoms with Gasteiger partial charge in [-0.05, 0) is 44.8 Å². The number of carbonyl (C=O) groups is 3. The molecule has 1 heterocycles. The number of halogens is 1. The number of barbiturate groups is 1. The van der Waals surface area contributed by atoms with E-state index in [1.54, 1.807) is 0 Å². The van der Waals surface area contributed by atoms with Gasteiger partial charge in [-0.15, -0.1) is 0 Å². The summed E-state index contributed by atoms with van der Waals surface area (Å²) in [5.41, 5.74) is 0.584. The first-order chi connectivity index (χ1) is 11.9. The minimum absolute atomic E-state index is 0.0385. The zero-order valence-electron chi connectivity index (χ0n) is 14.2. The molecule has 1 saturated heterocycles. The van der Waals surface area contributed by atoms with Gasteiger partial charge in [-0.2, -0.15) is 0 Å². The van der Waals surface area contributed by atoms with Crippen LogP contribution >= 0.6 is 0 Å². The average Bonchev–Trinajstić information content (AvgIpc) is 2.55. The second kappa shape index (κ2) is 8.48. The second-order valence-corrected chi connectivity index (χ2v) is 6.04. The Kier molecular flexibility index (Phi) is 6.35. The lowest BCUT2D eigenvalue weighted by molar-refractivity contribution is -0.139. The Hall–Kier alpha value is -2.61. The molecule has 0 saturated carbocycles. The molecular weight excluding hydrogens is 327 g/mol. The van der Waals surface area contributed by atoms with Crippen LogP contribution in [0.2, 0.25) is 0 Å². The molecule has 0 spiro atoms. The van der Waals surface area contributed by atoms with Gasteiger partial charge >= 0.3 is 6.03 Å². The number of hydrogen-bond donors (Lipinski definition) is 1. The smallest absolute Gasteiger partial charge is 0.309 e. The standard InChI is InChI=1S/C17H21FN4O3/c1-21(2)9-3-8-19-10-14-15(23)20-17(25)22(16(14)24)11-12-4-6-13(18)7-5-12/h4-7,10,14H,3,8-9,11H2,1-2H3,(H,20,23,25). The predicted molar refractivity (Wildman–Crippen MR) is 90.5 cm³/mol. The fourth-order valence-corrected chi connectivity index (χ4v) is 2.34. The zero-order valence-corrected chi connectivity index (χ0v) is 14.2. The first-order valence-corrected chi connectivity index (χ1v) is 7.94. The Bertz CT molecular complexity index is 673. The van der Waals surface area contributed by atoms with E-state index in [4.69, 9.17) is 0 Å². The number of carbonyl (C=O) groups excluding carboxylic acids is 3. The molecule has 1 N–H and O–H groups in total. The largest absolute Gasteiger partial charge is 0.331 e. The van der Waals surface area contributed by atoms with E-state index in [0.29, 0.717) is 12.1 Å². The van der Waals surface area contributed by atoms with Crippen molar-refractivity contribution in [3.63, 3.8) is 0 Å². The van der Waals surface area contributed by atoms with E-state index in [-0.39, 0.29) is 6.54 Å². The van der Waals surface area contributed by atoms with Gasteiger partial charge in [0.25, 0.3) is 0 Å². The number of hydrogen-bond acceptors (Lipinski definition) is 5. The third-order valence-corrected chi connectivity index (χ3v) is 3.69. The number of benzene rings is 1. The maximum absolute atomic E-state index is 13.0. The van der Waals surface area contributed by atoms with E-state index < -0.39 is 29.6 Å². The molecule has 4 amide bonds. The molecule has 134 valence electrons. The van der Waals surface area contributed by atoms with Crippen molar-refractivity contribution in [1.82, 2.24) is 15.1 Å². The highest BCUT2D eigenvalue weighted by Crippen LogP contribution is 2.14. The number of aliphatic imine (C=N–C) groups is 1. The number of nitrogens with zero attached hydrogens (tertiary/aromatic N) is 3. The Balaban J connectivity index is 2.02. The number of rotatable bonds is 7. The van der Waals surface area contributed by atoms with E-state index in [9.17, 15) is 18.8 Å². The highest BCUT2D eigenvalue weighted by molar-refractivity contribution is 6.23. The molecule has 1 fully saturated rings. The molecule has 1 aromatic carbocycles. The van der Waals surface area contributed by atoms with Crippen molar-refractivity contribution in [2.75, 3.05) is 27.2 Å². The fourth-order valence-electron chi connectivity index (χ4n) is 2.34. The van der Waals surface area contributed by atoms with Crippen molar-refractivity contribution >= 4 is 24.1 Å². The lowest BCUT2D eigenvalue weighted by atomic mass is 10.1. The van der Waals surface area contributed by atoms with Crippen LogP contribution in [0.5, 0.6) is 0 Å². The summed E-state index contributed by atoms with van der Waals surface area (Å²) in [4.78, 5) is 43.4. The van der Waals surface area contributed by atoms with Gasteiger partial charge < -0.3 is 4.90 Å². The van der Waals surface area contributed by atoms with Gasteiger partial charge in [-0.3, -0.25) is 24.8 Å². The molecular formula is C17H21FN4O3. The van der Waals surface area contributed by atoms with E-state index >= 15 is 0 Å². The van der Waals surface area contributed by atoms with Crippen LogP contribution in [-0.4, -0.2) is 61.0 Å². The minimum Gasteiger partial charge on any atom is -0.309 e. The maximum atomic E-state index is 13.0. The lowest BCUT2D eigenvalue weighted by Crippen LogP contribution is -2.57.